The van der Waals surface area contributed by atoms with Gasteiger partial charge in [-0.2, -0.15) is 0 Å². The zero-order valence-corrected chi connectivity index (χ0v) is 12.0. The van der Waals surface area contributed by atoms with Gasteiger partial charge in [-0.1, -0.05) is 19.1 Å². The van der Waals surface area contributed by atoms with Crippen LogP contribution in [-0.2, 0) is 6.42 Å². The Morgan fingerprint density at radius 1 is 1.32 bits per heavy atom. The first-order valence-electron chi connectivity index (χ1n) is 7.49. The topological polar surface area (TPSA) is 38.5 Å². The first kappa shape index (κ1) is 14.4. The Morgan fingerprint density at radius 3 is 2.79 bits per heavy atom. The average molecular weight is 262 g/mol. The van der Waals surface area contributed by atoms with Gasteiger partial charge >= 0.3 is 0 Å². The van der Waals surface area contributed by atoms with Crippen LogP contribution in [0.3, 0.4) is 0 Å². The zero-order valence-electron chi connectivity index (χ0n) is 12.0. The van der Waals surface area contributed by atoms with Crippen LogP contribution in [0.4, 0.5) is 0 Å². The van der Waals surface area contributed by atoms with Crippen LogP contribution in [0.5, 0.6) is 5.75 Å². The van der Waals surface area contributed by atoms with Crippen LogP contribution in [-0.4, -0.2) is 37.2 Å². The van der Waals surface area contributed by atoms with Crippen LogP contribution in [0.2, 0.25) is 0 Å². The molecule has 3 nitrogen and oxygen atoms in total. The first-order chi connectivity index (χ1) is 9.33. The second kappa shape index (κ2) is 7.51. The molecule has 1 aliphatic rings. The smallest absolute Gasteiger partial charge is 0.119 e. The van der Waals surface area contributed by atoms with Crippen LogP contribution in [0.25, 0.3) is 0 Å². The lowest BCUT2D eigenvalue weighted by Gasteiger charge is -2.23. The van der Waals surface area contributed by atoms with Crippen LogP contribution in [0.15, 0.2) is 24.3 Å². The lowest BCUT2D eigenvalue weighted by molar-refractivity contribution is 0.193. The van der Waals surface area contributed by atoms with Gasteiger partial charge in [-0.3, -0.25) is 4.90 Å². The van der Waals surface area contributed by atoms with E-state index in [0.717, 1.165) is 31.4 Å². The maximum Gasteiger partial charge on any atom is 0.119 e. The van der Waals surface area contributed by atoms with Crippen molar-refractivity contribution in [2.45, 2.75) is 38.6 Å². The second-order valence-corrected chi connectivity index (χ2v) is 5.27. The van der Waals surface area contributed by atoms with Gasteiger partial charge in [0.1, 0.15) is 12.4 Å². The SMILES string of the molecule is CCC1CCCN1CCOc1ccc(CCN)cc1. The normalized spacial score (nSPS) is 19.8. The predicted octanol–water partition coefficient (Wildman–Crippen LogP) is 2.44. The fraction of sp³-hybridized carbons (Fsp3) is 0.625. The van der Waals surface area contributed by atoms with Crippen molar-refractivity contribution in [3.05, 3.63) is 29.8 Å². The number of nitrogens with zero attached hydrogens (tertiary/aromatic N) is 1. The van der Waals surface area contributed by atoms with E-state index in [-0.39, 0.29) is 0 Å². The molecule has 19 heavy (non-hydrogen) atoms. The number of ether oxygens (including phenoxy) is 1. The van der Waals surface area contributed by atoms with Crippen molar-refractivity contribution in [1.29, 1.82) is 0 Å². The minimum atomic E-state index is 0.702. The molecular weight excluding hydrogens is 236 g/mol. The van der Waals surface area contributed by atoms with Crippen LogP contribution >= 0.6 is 0 Å². The van der Waals surface area contributed by atoms with Crippen molar-refractivity contribution in [1.82, 2.24) is 4.90 Å². The summed E-state index contributed by atoms with van der Waals surface area (Å²) >= 11 is 0. The quantitative estimate of drug-likeness (QED) is 0.820. The Bertz CT molecular complexity index is 364. The average Bonchev–Trinajstić information content (AvgIpc) is 2.88. The van der Waals surface area contributed by atoms with Gasteiger partial charge in [0.2, 0.25) is 0 Å². The molecule has 1 saturated heterocycles. The van der Waals surface area contributed by atoms with E-state index in [2.05, 4.69) is 24.0 Å². The van der Waals surface area contributed by atoms with E-state index in [1.807, 2.05) is 12.1 Å². The van der Waals surface area contributed by atoms with Crippen molar-refractivity contribution in [3.63, 3.8) is 0 Å². The number of nitrogens with two attached hydrogens (primary N) is 1. The minimum absolute atomic E-state index is 0.702. The van der Waals surface area contributed by atoms with Crippen LogP contribution < -0.4 is 10.5 Å². The van der Waals surface area contributed by atoms with Gasteiger partial charge in [-0.05, 0) is 56.5 Å². The highest BCUT2D eigenvalue weighted by atomic mass is 16.5. The lowest BCUT2D eigenvalue weighted by Crippen LogP contribution is -2.32. The van der Waals surface area contributed by atoms with E-state index in [1.165, 1.54) is 31.4 Å². The Hall–Kier alpha value is -1.06. The summed E-state index contributed by atoms with van der Waals surface area (Å²) in [7, 11) is 0. The van der Waals surface area contributed by atoms with E-state index in [9.17, 15) is 0 Å². The van der Waals surface area contributed by atoms with E-state index in [1.54, 1.807) is 0 Å². The molecule has 1 unspecified atom stereocenters. The van der Waals surface area contributed by atoms with Crippen molar-refractivity contribution < 1.29 is 4.74 Å². The summed E-state index contributed by atoms with van der Waals surface area (Å²) in [6, 6.07) is 9.08. The molecule has 2 N–H and O–H groups in total. The molecule has 3 heteroatoms. The third kappa shape index (κ3) is 4.22. The van der Waals surface area contributed by atoms with Crippen molar-refractivity contribution in [3.8, 4) is 5.75 Å². The molecule has 106 valence electrons. The highest BCUT2D eigenvalue weighted by Crippen LogP contribution is 2.19. The summed E-state index contributed by atoms with van der Waals surface area (Å²) in [4.78, 5) is 2.56. The third-order valence-electron chi connectivity index (χ3n) is 3.97. The third-order valence-corrected chi connectivity index (χ3v) is 3.97. The summed E-state index contributed by atoms with van der Waals surface area (Å²) < 4.78 is 5.82. The van der Waals surface area contributed by atoms with E-state index < -0.39 is 0 Å². The van der Waals surface area contributed by atoms with Crippen molar-refractivity contribution in [2.24, 2.45) is 5.73 Å². The zero-order chi connectivity index (χ0) is 13.5. The molecule has 1 fully saturated rings. The molecule has 2 rings (SSSR count). The number of rotatable bonds is 7. The Morgan fingerprint density at radius 2 is 2.11 bits per heavy atom. The Labute approximate surface area is 116 Å². The maximum atomic E-state index is 5.82. The summed E-state index contributed by atoms with van der Waals surface area (Å²) in [6.07, 6.45) is 4.89. The van der Waals surface area contributed by atoms with Gasteiger partial charge in [0.25, 0.3) is 0 Å². The molecule has 1 atom stereocenters. The summed E-state index contributed by atoms with van der Waals surface area (Å²) in [5, 5.41) is 0. The highest BCUT2D eigenvalue weighted by molar-refractivity contribution is 5.27. The highest BCUT2D eigenvalue weighted by Gasteiger charge is 2.21. The molecular formula is C16H26N2O. The largest absolute Gasteiger partial charge is 0.492 e. The second-order valence-electron chi connectivity index (χ2n) is 5.27. The van der Waals surface area contributed by atoms with Gasteiger partial charge in [-0.25, -0.2) is 0 Å². The maximum absolute atomic E-state index is 5.82. The van der Waals surface area contributed by atoms with Gasteiger partial charge in [0.15, 0.2) is 0 Å². The predicted molar refractivity (Wildman–Crippen MR) is 79.6 cm³/mol. The van der Waals surface area contributed by atoms with Crippen molar-refractivity contribution >= 4 is 0 Å². The van der Waals surface area contributed by atoms with E-state index in [4.69, 9.17) is 10.5 Å². The van der Waals surface area contributed by atoms with Gasteiger partial charge in [0, 0.05) is 12.6 Å². The van der Waals surface area contributed by atoms with Gasteiger partial charge in [0.05, 0.1) is 0 Å². The summed E-state index contributed by atoms with van der Waals surface area (Å²) in [5.74, 6) is 0.966. The summed E-state index contributed by atoms with van der Waals surface area (Å²) in [6.45, 7) is 6.04. The minimum Gasteiger partial charge on any atom is -0.492 e. The van der Waals surface area contributed by atoms with Crippen molar-refractivity contribution in [2.75, 3.05) is 26.2 Å². The standard InChI is InChI=1S/C16H26N2O/c1-2-15-4-3-11-18(15)12-13-19-16-7-5-14(6-8-16)9-10-17/h5-8,15H,2-4,9-13,17H2,1H3. The molecule has 0 bridgehead atoms. The molecule has 0 aromatic heterocycles. The molecule has 0 spiro atoms. The number of hydrogen-bond acceptors (Lipinski definition) is 3. The molecule has 1 aliphatic heterocycles. The number of hydrogen-bond donors (Lipinski definition) is 1. The Kier molecular flexibility index (Phi) is 5.67. The molecule has 0 radical (unpaired) electrons. The fourth-order valence-electron chi connectivity index (χ4n) is 2.85. The molecule has 0 aliphatic carbocycles. The monoisotopic (exact) mass is 262 g/mol. The molecule has 0 saturated carbocycles. The van der Waals surface area contributed by atoms with Crippen LogP contribution in [0.1, 0.15) is 31.7 Å². The summed E-state index contributed by atoms with van der Waals surface area (Å²) in [5.41, 5.74) is 6.82. The van der Waals surface area contributed by atoms with E-state index >= 15 is 0 Å². The van der Waals surface area contributed by atoms with Crippen LogP contribution in [0, 0.1) is 0 Å². The lowest BCUT2D eigenvalue weighted by atomic mass is 10.1. The molecule has 1 aromatic carbocycles. The van der Waals surface area contributed by atoms with E-state index in [0.29, 0.717) is 6.54 Å². The van der Waals surface area contributed by atoms with Gasteiger partial charge < -0.3 is 10.5 Å². The van der Waals surface area contributed by atoms with Gasteiger partial charge in [-0.15, -0.1) is 0 Å². The fourth-order valence-corrected chi connectivity index (χ4v) is 2.85. The Balaban J connectivity index is 1.73. The number of benzene rings is 1. The molecule has 1 heterocycles. The molecule has 0 amide bonds. The molecule has 1 aromatic rings. The number of likely N-dealkylation sites (tertiary alicyclic amines) is 1. The first-order valence-corrected chi connectivity index (χ1v) is 7.49.